The second-order valence-electron chi connectivity index (χ2n) is 7.79. The van der Waals surface area contributed by atoms with Gasteiger partial charge in [-0.25, -0.2) is 4.98 Å². The summed E-state index contributed by atoms with van der Waals surface area (Å²) in [4.78, 5) is 33.6. The van der Waals surface area contributed by atoms with Gasteiger partial charge in [-0.05, 0) is 48.0 Å². The first-order chi connectivity index (χ1) is 16.6. The van der Waals surface area contributed by atoms with Gasteiger partial charge in [-0.2, -0.15) is 0 Å². The van der Waals surface area contributed by atoms with Crippen molar-refractivity contribution >= 4 is 28.8 Å². The molecule has 7 heteroatoms. The molecule has 7 nitrogen and oxygen atoms in total. The highest BCUT2D eigenvalue weighted by Gasteiger charge is 2.10. The van der Waals surface area contributed by atoms with Crippen molar-refractivity contribution in [1.82, 2.24) is 14.4 Å². The standard InChI is InChI=1S/C27H21N5O2/c33-26(15-19-5-4-14-28-16-19)29-22-10-8-21(9-11-22)27(34)30-23-12-13-25-31-24(18-32(25)17-23)20-6-2-1-3-7-20/h1-14,16-18H,15H2,(H,29,33)(H,30,34). The molecule has 2 N–H and O–H groups in total. The monoisotopic (exact) mass is 447 g/mol. The molecule has 0 unspecified atom stereocenters. The van der Waals surface area contributed by atoms with E-state index < -0.39 is 0 Å². The smallest absolute Gasteiger partial charge is 0.255 e. The molecule has 2 amide bonds. The number of anilines is 2. The maximum atomic E-state index is 12.7. The number of carbonyl (C=O) groups excluding carboxylic acids is 2. The van der Waals surface area contributed by atoms with Crippen molar-refractivity contribution in [3.8, 4) is 11.3 Å². The molecule has 0 atom stereocenters. The zero-order valence-electron chi connectivity index (χ0n) is 18.2. The molecule has 0 aliphatic carbocycles. The Morgan fingerprint density at radius 3 is 2.35 bits per heavy atom. The number of nitrogens with zero attached hydrogens (tertiary/aromatic N) is 3. The number of hydrogen-bond donors (Lipinski definition) is 2. The largest absolute Gasteiger partial charge is 0.326 e. The summed E-state index contributed by atoms with van der Waals surface area (Å²) in [5.41, 5.74) is 5.29. The molecule has 0 aliphatic rings. The molecule has 0 bridgehead atoms. The third-order valence-corrected chi connectivity index (χ3v) is 5.30. The van der Waals surface area contributed by atoms with E-state index in [4.69, 9.17) is 0 Å². The van der Waals surface area contributed by atoms with E-state index in [1.807, 2.05) is 65.3 Å². The van der Waals surface area contributed by atoms with E-state index in [0.29, 0.717) is 16.9 Å². The minimum Gasteiger partial charge on any atom is -0.326 e. The van der Waals surface area contributed by atoms with Crippen molar-refractivity contribution in [2.75, 3.05) is 10.6 Å². The molecule has 5 aromatic rings. The van der Waals surface area contributed by atoms with Crippen molar-refractivity contribution in [3.63, 3.8) is 0 Å². The average molecular weight is 447 g/mol. The van der Waals surface area contributed by atoms with E-state index >= 15 is 0 Å². The molecule has 2 aromatic carbocycles. The maximum Gasteiger partial charge on any atom is 0.255 e. The van der Waals surface area contributed by atoms with Crippen LogP contribution in [0.2, 0.25) is 0 Å². The number of fused-ring (bicyclic) bond motifs is 1. The molecule has 3 aromatic heterocycles. The van der Waals surface area contributed by atoms with Gasteiger partial charge in [0.2, 0.25) is 5.91 Å². The van der Waals surface area contributed by atoms with Crippen LogP contribution in [0.25, 0.3) is 16.9 Å². The lowest BCUT2D eigenvalue weighted by Gasteiger charge is -2.08. The fraction of sp³-hybridized carbons (Fsp3) is 0.0370. The van der Waals surface area contributed by atoms with Crippen molar-refractivity contribution in [1.29, 1.82) is 0 Å². The Hall–Kier alpha value is -4.78. The molecule has 0 saturated heterocycles. The summed E-state index contributed by atoms with van der Waals surface area (Å²) >= 11 is 0. The van der Waals surface area contributed by atoms with E-state index in [9.17, 15) is 9.59 Å². The first kappa shape index (κ1) is 21.1. The minimum absolute atomic E-state index is 0.145. The summed E-state index contributed by atoms with van der Waals surface area (Å²) in [5, 5.41) is 5.74. The lowest BCUT2D eigenvalue weighted by Crippen LogP contribution is -2.15. The molecule has 34 heavy (non-hydrogen) atoms. The molecule has 166 valence electrons. The van der Waals surface area contributed by atoms with Crippen LogP contribution in [0.3, 0.4) is 0 Å². The summed E-state index contributed by atoms with van der Waals surface area (Å²) in [6, 6.07) is 24.0. The highest BCUT2D eigenvalue weighted by atomic mass is 16.2. The number of rotatable bonds is 6. The number of imidazole rings is 1. The topological polar surface area (TPSA) is 88.4 Å². The summed E-state index contributed by atoms with van der Waals surface area (Å²) in [5.74, 6) is -0.385. The van der Waals surface area contributed by atoms with Gasteiger partial charge in [0.15, 0.2) is 0 Å². The highest BCUT2D eigenvalue weighted by Crippen LogP contribution is 2.20. The lowest BCUT2D eigenvalue weighted by atomic mass is 10.1. The summed E-state index contributed by atoms with van der Waals surface area (Å²) in [6.45, 7) is 0. The van der Waals surface area contributed by atoms with Crippen LogP contribution in [0.5, 0.6) is 0 Å². The third-order valence-electron chi connectivity index (χ3n) is 5.30. The number of benzene rings is 2. The van der Waals surface area contributed by atoms with Crippen molar-refractivity contribution in [2.45, 2.75) is 6.42 Å². The van der Waals surface area contributed by atoms with Crippen molar-refractivity contribution < 1.29 is 9.59 Å². The van der Waals surface area contributed by atoms with Gasteiger partial charge in [-0.3, -0.25) is 14.6 Å². The zero-order chi connectivity index (χ0) is 23.3. The fourth-order valence-electron chi connectivity index (χ4n) is 3.62. The van der Waals surface area contributed by atoms with Crippen LogP contribution in [-0.4, -0.2) is 26.2 Å². The lowest BCUT2D eigenvalue weighted by molar-refractivity contribution is -0.115. The first-order valence-electron chi connectivity index (χ1n) is 10.8. The fourth-order valence-corrected chi connectivity index (χ4v) is 3.62. The van der Waals surface area contributed by atoms with Crippen LogP contribution in [0.4, 0.5) is 11.4 Å². The van der Waals surface area contributed by atoms with E-state index in [-0.39, 0.29) is 18.2 Å². The Bertz CT molecular complexity index is 1450. The molecule has 5 rings (SSSR count). The zero-order valence-corrected chi connectivity index (χ0v) is 18.2. The first-order valence-corrected chi connectivity index (χ1v) is 10.8. The van der Waals surface area contributed by atoms with E-state index in [2.05, 4.69) is 20.6 Å². The van der Waals surface area contributed by atoms with Gasteiger partial charge in [0.05, 0.1) is 17.8 Å². The Morgan fingerprint density at radius 1 is 0.794 bits per heavy atom. The van der Waals surface area contributed by atoms with Crippen LogP contribution in [-0.2, 0) is 11.2 Å². The second-order valence-corrected chi connectivity index (χ2v) is 7.79. The number of pyridine rings is 2. The van der Waals surface area contributed by atoms with Crippen LogP contribution in [0, 0.1) is 0 Å². The van der Waals surface area contributed by atoms with Crippen LogP contribution >= 0.6 is 0 Å². The second kappa shape index (κ2) is 9.38. The third kappa shape index (κ3) is 4.83. The number of hydrogen-bond acceptors (Lipinski definition) is 4. The Morgan fingerprint density at radius 2 is 1.59 bits per heavy atom. The molecule has 0 spiro atoms. The SMILES string of the molecule is O=C(Cc1cccnc1)Nc1ccc(C(=O)Nc2ccc3nc(-c4ccccc4)cn3c2)cc1. The quantitative estimate of drug-likeness (QED) is 0.390. The maximum absolute atomic E-state index is 12.7. The van der Waals surface area contributed by atoms with E-state index in [0.717, 1.165) is 22.5 Å². The minimum atomic E-state index is -0.240. The molecule has 0 fully saturated rings. The number of nitrogens with one attached hydrogen (secondary N) is 2. The van der Waals surface area contributed by atoms with Gasteiger partial charge in [-0.1, -0.05) is 36.4 Å². The normalized spacial score (nSPS) is 10.7. The predicted molar refractivity (Wildman–Crippen MR) is 132 cm³/mol. The molecule has 0 radical (unpaired) electrons. The van der Waals surface area contributed by atoms with Crippen LogP contribution in [0.1, 0.15) is 15.9 Å². The Labute approximate surface area is 196 Å². The molecular weight excluding hydrogens is 426 g/mol. The summed E-state index contributed by atoms with van der Waals surface area (Å²) in [6.07, 6.45) is 7.33. The highest BCUT2D eigenvalue weighted by molar-refractivity contribution is 6.04. The van der Waals surface area contributed by atoms with Gasteiger partial charge in [-0.15, -0.1) is 0 Å². The molecule has 0 aliphatic heterocycles. The molecular formula is C27H21N5O2. The van der Waals surface area contributed by atoms with Gasteiger partial charge in [0.25, 0.3) is 5.91 Å². The summed E-state index contributed by atoms with van der Waals surface area (Å²) < 4.78 is 1.89. The summed E-state index contributed by atoms with van der Waals surface area (Å²) in [7, 11) is 0. The van der Waals surface area contributed by atoms with Crippen molar-refractivity contribution in [3.05, 3.63) is 115 Å². The number of aromatic nitrogens is 3. The number of carbonyl (C=O) groups is 2. The van der Waals surface area contributed by atoms with E-state index in [1.54, 1.807) is 42.7 Å². The predicted octanol–water partition coefficient (Wildman–Crippen LogP) is 4.83. The Balaban J connectivity index is 1.23. The Kier molecular flexibility index (Phi) is 5.82. The van der Waals surface area contributed by atoms with Gasteiger partial charge < -0.3 is 15.0 Å². The van der Waals surface area contributed by atoms with Crippen LogP contribution in [0.15, 0.2) is 104 Å². The molecule has 3 heterocycles. The van der Waals surface area contributed by atoms with Gasteiger partial charge >= 0.3 is 0 Å². The van der Waals surface area contributed by atoms with Crippen LogP contribution < -0.4 is 10.6 Å². The van der Waals surface area contributed by atoms with Gasteiger partial charge in [0, 0.05) is 41.6 Å². The average Bonchev–Trinajstić information content (AvgIpc) is 3.29. The van der Waals surface area contributed by atoms with Gasteiger partial charge in [0.1, 0.15) is 5.65 Å². The van der Waals surface area contributed by atoms with Crippen molar-refractivity contribution in [2.24, 2.45) is 0 Å². The van der Waals surface area contributed by atoms with E-state index in [1.165, 1.54) is 0 Å². The molecule has 0 saturated carbocycles. The number of amides is 2.